The molecule has 0 bridgehead atoms. The third-order valence-corrected chi connectivity index (χ3v) is 4.55. The molecule has 1 aromatic heterocycles. The van der Waals surface area contributed by atoms with E-state index in [1.807, 2.05) is 19.9 Å². The summed E-state index contributed by atoms with van der Waals surface area (Å²) in [5.74, 6) is 0.793. The van der Waals surface area contributed by atoms with Crippen LogP contribution in [-0.2, 0) is 4.79 Å². The predicted octanol–water partition coefficient (Wildman–Crippen LogP) is -0.0992. The first-order valence-corrected chi connectivity index (χ1v) is 7.89. The lowest BCUT2D eigenvalue weighted by Crippen LogP contribution is -2.51. The van der Waals surface area contributed by atoms with E-state index < -0.39 is 0 Å². The van der Waals surface area contributed by atoms with Crippen molar-refractivity contribution in [1.82, 2.24) is 26.1 Å². The Bertz CT molecular complexity index is 543. The Labute approximate surface area is 130 Å². The summed E-state index contributed by atoms with van der Waals surface area (Å²) >= 11 is 0. The van der Waals surface area contributed by atoms with Crippen LogP contribution in [0.1, 0.15) is 24.2 Å². The Morgan fingerprint density at radius 1 is 1.36 bits per heavy atom. The summed E-state index contributed by atoms with van der Waals surface area (Å²) in [6.07, 6.45) is 2.14. The second-order valence-corrected chi connectivity index (χ2v) is 6.13. The Morgan fingerprint density at radius 2 is 2.09 bits per heavy atom. The molecule has 2 aliphatic rings. The highest BCUT2D eigenvalue weighted by Crippen LogP contribution is 2.29. The topological polar surface area (TPSA) is 82.2 Å². The number of nitrogens with zero attached hydrogens (tertiary/aromatic N) is 3. The molecule has 0 aromatic carbocycles. The summed E-state index contributed by atoms with van der Waals surface area (Å²) in [7, 11) is 1.69. The quantitative estimate of drug-likeness (QED) is 0.723. The van der Waals surface area contributed by atoms with Crippen molar-refractivity contribution in [3.8, 4) is 0 Å². The molecule has 2 aliphatic heterocycles. The average Bonchev–Trinajstić information content (AvgIpc) is 3.13. The van der Waals surface area contributed by atoms with Crippen LogP contribution in [0.25, 0.3) is 0 Å². The normalized spacial score (nSPS) is 28.1. The van der Waals surface area contributed by atoms with Gasteiger partial charge >= 0.3 is 0 Å². The zero-order valence-corrected chi connectivity index (χ0v) is 13.4. The molecule has 3 heterocycles. The van der Waals surface area contributed by atoms with Crippen molar-refractivity contribution in [3.63, 3.8) is 0 Å². The number of hydrogen-bond acceptors (Lipinski definition) is 6. The molecule has 0 radical (unpaired) electrons. The van der Waals surface area contributed by atoms with Gasteiger partial charge in [-0.3, -0.25) is 15.6 Å². The molecule has 1 aromatic rings. The van der Waals surface area contributed by atoms with E-state index in [1.54, 1.807) is 7.05 Å². The molecule has 3 rings (SSSR count). The smallest absolute Gasteiger partial charge is 0.226 e. The molecular formula is C15H24N6O. The molecule has 0 aliphatic carbocycles. The molecule has 2 fully saturated rings. The fourth-order valence-corrected chi connectivity index (χ4v) is 3.57. The maximum Gasteiger partial charge on any atom is 0.226 e. The van der Waals surface area contributed by atoms with Crippen LogP contribution in [0.5, 0.6) is 0 Å². The molecule has 0 saturated carbocycles. The highest BCUT2D eigenvalue weighted by molar-refractivity contribution is 5.80. The maximum atomic E-state index is 12.1. The lowest BCUT2D eigenvalue weighted by Gasteiger charge is -2.31. The first kappa shape index (κ1) is 15.2. The van der Waals surface area contributed by atoms with Gasteiger partial charge in [0.15, 0.2) is 0 Å². The number of aromatic nitrogens is 2. The van der Waals surface area contributed by atoms with Crippen molar-refractivity contribution in [1.29, 1.82) is 0 Å². The van der Waals surface area contributed by atoms with Crippen molar-refractivity contribution >= 4 is 11.9 Å². The minimum atomic E-state index is -0.0680. The summed E-state index contributed by atoms with van der Waals surface area (Å²) in [6.45, 7) is 5.58. The van der Waals surface area contributed by atoms with E-state index in [0.29, 0.717) is 6.54 Å². The molecule has 1 amide bonds. The van der Waals surface area contributed by atoms with Gasteiger partial charge in [-0.1, -0.05) is 0 Å². The van der Waals surface area contributed by atoms with Crippen LogP contribution in [0.15, 0.2) is 6.07 Å². The zero-order valence-electron chi connectivity index (χ0n) is 13.4. The number of hydrazine groups is 1. The van der Waals surface area contributed by atoms with E-state index in [4.69, 9.17) is 0 Å². The van der Waals surface area contributed by atoms with Crippen LogP contribution >= 0.6 is 0 Å². The summed E-state index contributed by atoms with van der Waals surface area (Å²) in [5.41, 5.74) is 8.38. The van der Waals surface area contributed by atoms with E-state index >= 15 is 0 Å². The van der Waals surface area contributed by atoms with Crippen molar-refractivity contribution in [2.24, 2.45) is 5.92 Å². The largest absolute Gasteiger partial charge is 0.359 e. The highest BCUT2D eigenvalue weighted by Gasteiger charge is 2.42. The van der Waals surface area contributed by atoms with Gasteiger partial charge in [0, 0.05) is 37.6 Å². The highest BCUT2D eigenvalue weighted by atomic mass is 16.2. The van der Waals surface area contributed by atoms with Gasteiger partial charge in [0.1, 0.15) is 0 Å². The van der Waals surface area contributed by atoms with E-state index in [1.165, 1.54) is 0 Å². The minimum absolute atomic E-state index is 0.0680. The minimum Gasteiger partial charge on any atom is -0.359 e. The Kier molecular flexibility index (Phi) is 4.26. The lowest BCUT2D eigenvalue weighted by atomic mass is 9.93. The predicted molar refractivity (Wildman–Crippen MR) is 84.4 cm³/mol. The molecule has 120 valence electrons. The average molecular weight is 304 g/mol. The van der Waals surface area contributed by atoms with Gasteiger partial charge < -0.3 is 10.2 Å². The fraction of sp³-hybridized carbons (Fsp3) is 0.667. The number of hydrogen-bond donors (Lipinski definition) is 3. The summed E-state index contributed by atoms with van der Waals surface area (Å²) in [4.78, 5) is 23.5. The molecule has 3 atom stereocenters. The van der Waals surface area contributed by atoms with E-state index in [2.05, 4.69) is 31.0 Å². The van der Waals surface area contributed by atoms with Gasteiger partial charge in [0.05, 0.1) is 12.0 Å². The fourth-order valence-electron chi connectivity index (χ4n) is 3.57. The first-order chi connectivity index (χ1) is 10.6. The molecular weight excluding hydrogens is 280 g/mol. The number of rotatable bonds is 3. The summed E-state index contributed by atoms with van der Waals surface area (Å²) < 4.78 is 0. The zero-order chi connectivity index (χ0) is 15.7. The van der Waals surface area contributed by atoms with Crippen LogP contribution in [0.3, 0.4) is 0 Å². The molecule has 2 saturated heterocycles. The molecule has 22 heavy (non-hydrogen) atoms. The van der Waals surface area contributed by atoms with Gasteiger partial charge in [0.2, 0.25) is 11.9 Å². The summed E-state index contributed by atoms with van der Waals surface area (Å²) in [6, 6.07) is 2.29. The number of anilines is 1. The van der Waals surface area contributed by atoms with Crippen molar-refractivity contribution in [2.75, 3.05) is 25.0 Å². The number of carbonyl (C=O) groups is 1. The van der Waals surface area contributed by atoms with Crippen LogP contribution in [0.4, 0.5) is 5.95 Å². The third kappa shape index (κ3) is 2.78. The molecule has 3 N–H and O–H groups in total. The molecule has 3 unspecified atom stereocenters. The van der Waals surface area contributed by atoms with Crippen LogP contribution < -0.4 is 21.1 Å². The van der Waals surface area contributed by atoms with E-state index in [9.17, 15) is 4.79 Å². The Hall–Kier alpha value is -1.73. The van der Waals surface area contributed by atoms with Crippen molar-refractivity contribution < 1.29 is 4.79 Å². The van der Waals surface area contributed by atoms with E-state index in [-0.39, 0.29) is 23.9 Å². The number of aryl methyl sites for hydroxylation is 2. The standard InChI is InChI=1S/C15H24N6O/c1-9-7-10(2)19-15(18-9)21-6-4-5-12(21)13-11(8-17-20-13)14(22)16-3/h7,11-13,17,20H,4-6,8H2,1-3H3,(H,16,22). The lowest BCUT2D eigenvalue weighted by molar-refractivity contribution is -0.124. The van der Waals surface area contributed by atoms with E-state index in [0.717, 1.165) is 36.7 Å². The van der Waals surface area contributed by atoms with Crippen LogP contribution in [0.2, 0.25) is 0 Å². The second-order valence-electron chi connectivity index (χ2n) is 6.13. The Morgan fingerprint density at radius 3 is 2.77 bits per heavy atom. The first-order valence-electron chi connectivity index (χ1n) is 7.89. The van der Waals surface area contributed by atoms with Crippen molar-refractivity contribution in [2.45, 2.75) is 38.8 Å². The maximum absolute atomic E-state index is 12.1. The SMILES string of the molecule is CNC(=O)C1CNNC1C1CCCN1c1nc(C)cc(C)n1. The second kappa shape index (κ2) is 6.18. The van der Waals surface area contributed by atoms with Gasteiger partial charge in [-0.05, 0) is 32.8 Å². The van der Waals surface area contributed by atoms with Gasteiger partial charge in [0.25, 0.3) is 0 Å². The Balaban J connectivity index is 1.85. The van der Waals surface area contributed by atoms with Gasteiger partial charge in [-0.2, -0.15) is 0 Å². The van der Waals surface area contributed by atoms with Crippen molar-refractivity contribution in [3.05, 3.63) is 17.5 Å². The number of amides is 1. The van der Waals surface area contributed by atoms with Gasteiger partial charge in [-0.15, -0.1) is 0 Å². The monoisotopic (exact) mass is 304 g/mol. The molecule has 0 spiro atoms. The summed E-state index contributed by atoms with van der Waals surface area (Å²) in [5, 5.41) is 2.76. The molecule has 7 heteroatoms. The third-order valence-electron chi connectivity index (χ3n) is 4.55. The van der Waals surface area contributed by atoms with Crippen LogP contribution in [0, 0.1) is 19.8 Å². The number of carbonyl (C=O) groups excluding carboxylic acids is 1. The number of nitrogens with one attached hydrogen (secondary N) is 3. The molecule has 7 nitrogen and oxygen atoms in total. The van der Waals surface area contributed by atoms with Crippen LogP contribution in [-0.4, -0.2) is 48.1 Å². The van der Waals surface area contributed by atoms with Gasteiger partial charge in [-0.25, -0.2) is 9.97 Å².